The van der Waals surface area contributed by atoms with E-state index in [-0.39, 0.29) is 0 Å². The van der Waals surface area contributed by atoms with Gasteiger partial charge in [0.25, 0.3) is 0 Å². The number of nitrogens with two attached hydrogens (primary N) is 1. The van der Waals surface area contributed by atoms with Crippen LogP contribution in [0.4, 0.5) is 11.4 Å². The van der Waals surface area contributed by atoms with E-state index < -0.39 is 0 Å². The van der Waals surface area contributed by atoms with Gasteiger partial charge in [0, 0.05) is 25.1 Å². The van der Waals surface area contributed by atoms with Crippen LogP contribution in [0.3, 0.4) is 0 Å². The molecule has 0 amide bonds. The molecule has 2 rings (SSSR count). The molecule has 0 spiro atoms. The molecule has 0 fully saturated rings. The summed E-state index contributed by atoms with van der Waals surface area (Å²) < 4.78 is 1.94. The molecule has 0 saturated carbocycles. The Hall–Kier alpha value is -2.48. The van der Waals surface area contributed by atoms with Crippen LogP contribution in [-0.2, 0) is 13.6 Å². The van der Waals surface area contributed by atoms with Gasteiger partial charge < -0.3 is 15.6 Å². The second-order valence-corrected chi connectivity index (χ2v) is 3.72. The molecule has 0 bridgehead atoms. The van der Waals surface area contributed by atoms with Crippen molar-refractivity contribution in [2.24, 2.45) is 7.05 Å². The van der Waals surface area contributed by atoms with Crippen molar-refractivity contribution in [1.29, 1.82) is 5.26 Å². The van der Waals surface area contributed by atoms with Crippen molar-refractivity contribution < 1.29 is 0 Å². The average molecular weight is 227 g/mol. The maximum absolute atomic E-state index is 8.76. The summed E-state index contributed by atoms with van der Waals surface area (Å²) in [6.07, 6.45) is 3.65. The maximum atomic E-state index is 8.76. The van der Waals surface area contributed by atoms with Crippen LogP contribution < -0.4 is 11.1 Å². The van der Waals surface area contributed by atoms with E-state index in [1.54, 1.807) is 18.3 Å². The van der Waals surface area contributed by atoms with Gasteiger partial charge in [-0.3, -0.25) is 0 Å². The first-order valence-electron chi connectivity index (χ1n) is 5.20. The highest BCUT2D eigenvalue weighted by atomic mass is 15.1. The molecule has 3 N–H and O–H groups in total. The minimum Gasteiger partial charge on any atom is -0.398 e. The number of nitrogens with zero attached hydrogens (tertiary/aromatic N) is 3. The standard InChI is InChI=1S/C12H13N5/c1-17-5-4-15-12(17)8-16-10-3-2-9(7-13)11(14)6-10/h2-6,16H,8,14H2,1H3. The number of rotatable bonds is 3. The van der Waals surface area contributed by atoms with Crippen molar-refractivity contribution in [3.05, 3.63) is 42.0 Å². The summed E-state index contributed by atoms with van der Waals surface area (Å²) in [5.41, 5.74) is 7.58. The summed E-state index contributed by atoms with van der Waals surface area (Å²) >= 11 is 0. The fourth-order valence-corrected chi connectivity index (χ4v) is 1.52. The summed E-state index contributed by atoms with van der Waals surface area (Å²) in [5.74, 6) is 0.938. The summed E-state index contributed by atoms with van der Waals surface area (Å²) in [7, 11) is 1.94. The zero-order valence-corrected chi connectivity index (χ0v) is 9.51. The van der Waals surface area contributed by atoms with E-state index in [1.807, 2.05) is 29.9 Å². The lowest BCUT2D eigenvalue weighted by atomic mass is 10.2. The Morgan fingerprint density at radius 3 is 2.94 bits per heavy atom. The van der Waals surface area contributed by atoms with Crippen molar-refractivity contribution in [1.82, 2.24) is 9.55 Å². The zero-order chi connectivity index (χ0) is 12.3. The van der Waals surface area contributed by atoms with Gasteiger partial charge in [-0.2, -0.15) is 5.26 Å². The highest BCUT2D eigenvalue weighted by molar-refractivity contribution is 5.62. The third kappa shape index (κ3) is 2.37. The minimum atomic E-state index is 0.484. The Morgan fingerprint density at radius 1 is 1.53 bits per heavy atom. The molecule has 1 aromatic heterocycles. The number of benzene rings is 1. The van der Waals surface area contributed by atoms with E-state index in [0.717, 1.165) is 11.5 Å². The minimum absolute atomic E-state index is 0.484. The third-order valence-electron chi connectivity index (χ3n) is 2.54. The first-order valence-corrected chi connectivity index (χ1v) is 5.20. The van der Waals surface area contributed by atoms with Crippen molar-refractivity contribution >= 4 is 11.4 Å². The molecule has 0 unspecified atom stereocenters. The predicted octanol–water partition coefficient (Wildman–Crippen LogP) is 1.49. The number of aromatic nitrogens is 2. The van der Waals surface area contributed by atoms with E-state index in [4.69, 9.17) is 11.0 Å². The van der Waals surface area contributed by atoms with Crippen LogP contribution in [0.25, 0.3) is 0 Å². The summed E-state index contributed by atoms with van der Waals surface area (Å²) in [6, 6.07) is 7.32. The highest BCUT2D eigenvalue weighted by Gasteiger charge is 2.01. The van der Waals surface area contributed by atoms with Crippen molar-refractivity contribution in [3.8, 4) is 6.07 Å². The third-order valence-corrected chi connectivity index (χ3v) is 2.54. The molecule has 0 aliphatic rings. The normalized spacial score (nSPS) is 9.88. The summed E-state index contributed by atoms with van der Waals surface area (Å²) in [4.78, 5) is 4.20. The number of aryl methyl sites for hydroxylation is 1. The van der Waals surface area contributed by atoms with Crippen LogP contribution in [0.5, 0.6) is 0 Å². The molecule has 5 nitrogen and oxygen atoms in total. The predicted molar refractivity (Wildman–Crippen MR) is 66.1 cm³/mol. The van der Waals surface area contributed by atoms with Gasteiger partial charge in [0.15, 0.2) is 0 Å². The van der Waals surface area contributed by atoms with Gasteiger partial charge in [-0.1, -0.05) is 0 Å². The van der Waals surface area contributed by atoms with E-state index in [0.29, 0.717) is 17.8 Å². The first-order chi connectivity index (χ1) is 8.20. The summed E-state index contributed by atoms with van der Waals surface area (Å²) in [5, 5.41) is 12.0. The van der Waals surface area contributed by atoms with E-state index in [9.17, 15) is 0 Å². The number of anilines is 2. The molecule has 0 aliphatic heterocycles. The number of imidazole rings is 1. The van der Waals surface area contributed by atoms with Gasteiger partial charge in [0.2, 0.25) is 0 Å². The Balaban J connectivity index is 2.08. The maximum Gasteiger partial charge on any atom is 0.127 e. The van der Waals surface area contributed by atoms with Crippen LogP contribution in [0.15, 0.2) is 30.6 Å². The van der Waals surface area contributed by atoms with E-state index in [2.05, 4.69) is 10.3 Å². The number of nitrogens with one attached hydrogen (secondary N) is 1. The number of hydrogen-bond acceptors (Lipinski definition) is 4. The monoisotopic (exact) mass is 227 g/mol. The number of nitriles is 1. The molecule has 0 aliphatic carbocycles. The molecule has 0 atom stereocenters. The fourth-order valence-electron chi connectivity index (χ4n) is 1.52. The Morgan fingerprint density at radius 2 is 2.35 bits per heavy atom. The molecule has 5 heteroatoms. The average Bonchev–Trinajstić information content (AvgIpc) is 2.72. The van der Waals surface area contributed by atoms with Gasteiger partial charge in [-0.25, -0.2) is 4.98 Å². The zero-order valence-electron chi connectivity index (χ0n) is 9.51. The number of nitrogen functional groups attached to an aromatic ring is 1. The molecule has 0 saturated heterocycles. The van der Waals surface area contributed by atoms with Crippen LogP contribution in [0, 0.1) is 11.3 Å². The van der Waals surface area contributed by atoms with Crippen molar-refractivity contribution in [2.45, 2.75) is 6.54 Å². The van der Waals surface area contributed by atoms with Crippen molar-refractivity contribution in [3.63, 3.8) is 0 Å². The molecule has 86 valence electrons. The van der Waals surface area contributed by atoms with Gasteiger partial charge in [0.1, 0.15) is 11.9 Å². The molecule has 0 radical (unpaired) electrons. The molecular weight excluding hydrogens is 214 g/mol. The van der Waals surface area contributed by atoms with Crippen LogP contribution in [0.2, 0.25) is 0 Å². The molecule has 1 aromatic carbocycles. The smallest absolute Gasteiger partial charge is 0.127 e. The molecular formula is C12H13N5. The van der Waals surface area contributed by atoms with E-state index in [1.165, 1.54) is 0 Å². The van der Waals surface area contributed by atoms with Gasteiger partial charge in [0.05, 0.1) is 17.8 Å². The van der Waals surface area contributed by atoms with Gasteiger partial charge >= 0.3 is 0 Å². The Kier molecular flexibility index (Phi) is 2.97. The highest BCUT2D eigenvalue weighted by Crippen LogP contribution is 2.17. The Bertz CT molecular complexity index is 565. The second kappa shape index (κ2) is 4.58. The lowest BCUT2D eigenvalue weighted by Gasteiger charge is -2.07. The lowest BCUT2D eigenvalue weighted by molar-refractivity contribution is 0.813. The number of hydrogen-bond donors (Lipinski definition) is 2. The molecule has 2 aromatic rings. The van der Waals surface area contributed by atoms with E-state index >= 15 is 0 Å². The largest absolute Gasteiger partial charge is 0.398 e. The van der Waals surface area contributed by atoms with Gasteiger partial charge in [-0.15, -0.1) is 0 Å². The molecule has 1 heterocycles. The molecule has 17 heavy (non-hydrogen) atoms. The SMILES string of the molecule is Cn1ccnc1CNc1ccc(C#N)c(N)c1. The van der Waals surface area contributed by atoms with Crippen LogP contribution in [0.1, 0.15) is 11.4 Å². The topological polar surface area (TPSA) is 79.7 Å². The van der Waals surface area contributed by atoms with Crippen LogP contribution in [-0.4, -0.2) is 9.55 Å². The summed E-state index contributed by atoms with van der Waals surface area (Å²) in [6.45, 7) is 0.620. The first kappa shape index (κ1) is 11.0. The van der Waals surface area contributed by atoms with Gasteiger partial charge in [-0.05, 0) is 18.2 Å². The second-order valence-electron chi connectivity index (χ2n) is 3.72. The lowest BCUT2D eigenvalue weighted by Crippen LogP contribution is -2.06. The van der Waals surface area contributed by atoms with Crippen molar-refractivity contribution in [2.75, 3.05) is 11.1 Å². The quantitative estimate of drug-likeness (QED) is 0.778. The van der Waals surface area contributed by atoms with Crippen LogP contribution >= 0.6 is 0 Å². The Labute approximate surface area is 99.5 Å². The fraction of sp³-hybridized carbons (Fsp3) is 0.167.